The Labute approximate surface area is 196 Å². The predicted octanol–water partition coefficient (Wildman–Crippen LogP) is 4.35. The van der Waals surface area contributed by atoms with Gasteiger partial charge in [-0.3, -0.25) is 10.0 Å². The number of aliphatic imine (C=N–C) groups is 1. The van der Waals surface area contributed by atoms with Crippen molar-refractivity contribution in [1.29, 1.82) is 0 Å². The lowest BCUT2D eigenvalue weighted by atomic mass is 10.1. The summed E-state index contributed by atoms with van der Waals surface area (Å²) in [6.07, 6.45) is -6.74. The predicted molar refractivity (Wildman–Crippen MR) is 113 cm³/mol. The van der Waals surface area contributed by atoms with Crippen LogP contribution in [0.25, 0.3) is 0 Å². The van der Waals surface area contributed by atoms with Gasteiger partial charge >= 0.3 is 12.4 Å². The van der Waals surface area contributed by atoms with Gasteiger partial charge in [-0.25, -0.2) is 8.42 Å². The first-order valence-electron chi connectivity index (χ1n) is 9.84. The van der Waals surface area contributed by atoms with E-state index in [1.54, 1.807) is 19.1 Å². The van der Waals surface area contributed by atoms with Crippen LogP contribution in [-0.4, -0.2) is 51.4 Å². The summed E-state index contributed by atoms with van der Waals surface area (Å²) < 4.78 is 110. The van der Waals surface area contributed by atoms with Gasteiger partial charge in [0, 0.05) is 11.8 Å². The summed E-state index contributed by atoms with van der Waals surface area (Å²) in [6, 6.07) is 9.20. The number of halogens is 6. The minimum atomic E-state index is -4.65. The van der Waals surface area contributed by atoms with Gasteiger partial charge in [-0.15, -0.1) is 4.83 Å². The molecule has 1 heterocycles. The van der Waals surface area contributed by atoms with Gasteiger partial charge in [0.15, 0.2) is 13.2 Å². The molecule has 190 valence electrons. The number of benzene rings is 2. The zero-order valence-electron chi connectivity index (χ0n) is 18.0. The molecule has 0 aliphatic carbocycles. The molecule has 0 saturated heterocycles. The second-order valence-corrected chi connectivity index (χ2v) is 9.00. The summed E-state index contributed by atoms with van der Waals surface area (Å²) in [5.74, 6) is -0.561. The van der Waals surface area contributed by atoms with Crippen molar-refractivity contribution < 1.29 is 44.2 Å². The van der Waals surface area contributed by atoms with Crippen LogP contribution in [0.3, 0.4) is 0 Å². The SMILES string of the molecule is Cc1ccc(S(=O)(=O)NN2C=CC(c3cc(OCC(F)(F)F)ccc3OCC(F)(F)F)=NC2)cc1. The lowest BCUT2D eigenvalue weighted by Gasteiger charge is -2.23. The highest BCUT2D eigenvalue weighted by Gasteiger charge is 2.30. The molecule has 0 fully saturated rings. The van der Waals surface area contributed by atoms with Crippen LogP contribution >= 0.6 is 0 Å². The van der Waals surface area contributed by atoms with Crippen LogP contribution in [0.2, 0.25) is 0 Å². The zero-order chi connectivity index (χ0) is 25.9. The van der Waals surface area contributed by atoms with Crippen molar-refractivity contribution in [2.75, 3.05) is 19.9 Å². The van der Waals surface area contributed by atoms with Gasteiger partial charge in [-0.05, 0) is 43.3 Å². The van der Waals surface area contributed by atoms with E-state index in [9.17, 15) is 34.8 Å². The van der Waals surface area contributed by atoms with Crippen molar-refractivity contribution in [2.45, 2.75) is 24.2 Å². The van der Waals surface area contributed by atoms with E-state index in [-0.39, 0.29) is 34.3 Å². The summed E-state index contributed by atoms with van der Waals surface area (Å²) in [7, 11) is -3.94. The van der Waals surface area contributed by atoms with Crippen molar-refractivity contribution in [3.05, 3.63) is 65.9 Å². The highest BCUT2D eigenvalue weighted by Crippen LogP contribution is 2.29. The first kappa shape index (κ1) is 26.3. The highest BCUT2D eigenvalue weighted by atomic mass is 32.2. The second-order valence-electron chi connectivity index (χ2n) is 7.34. The minimum absolute atomic E-state index is 0.00336. The highest BCUT2D eigenvalue weighted by molar-refractivity contribution is 7.89. The third-order valence-corrected chi connectivity index (χ3v) is 5.76. The molecular weight excluding hydrogens is 504 g/mol. The number of aryl methyl sites for hydroxylation is 1. The van der Waals surface area contributed by atoms with E-state index < -0.39 is 35.6 Å². The van der Waals surface area contributed by atoms with E-state index in [0.717, 1.165) is 28.8 Å². The van der Waals surface area contributed by atoms with Gasteiger partial charge in [0.05, 0.1) is 10.6 Å². The van der Waals surface area contributed by atoms with E-state index in [2.05, 4.69) is 14.6 Å². The van der Waals surface area contributed by atoms with Crippen LogP contribution in [0.1, 0.15) is 11.1 Å². The second kappa shape index (κ2) is 10.2. The molecule has 0 bridgehead atoms. The molecule has 0 unspecified atom stereocenters. The maximum Gasteiger partial charge on any atom is 0.422 e. The Morgan fingerprint density at radius 3 is 2.17 bits per heavy atom. The van der Waals surface area contributed by atoms with Gasteiger partial charge in [0.1, 0.15) is 18.2 Å². The van der Waals surface area contributed by atoms with Gasteiger partial charge in [-0.2, -0.15) is 26.3 Å². The van der Waals surface area contributed by atoms with Crippen LogP contribution in [0, 0.1) is 6.92 Å². The van der Waals surface area contributed by atoms with Crippen LogP contribution in [0.5, 0.6) is 11.5 Å². The number of ether oxygens (including phenoxy) is 2. The van der Waals surface area contributed by atoms with E-state index in [4.69, 9.17) is 4.74 Å². The lowest BCUT2D eigenvalue weighted by molar-refractivity contribution is -0.154. The summed E-state index contributed by atoms with van der Waals surface area (Å²) >= 11 is 0. The zero-order valence-corrected chi connectivity index (χ0v) is 18.8. The normalized spacial score (nSPS) is 14.6. The van der Waals surface area contributed by atoms with Crippen LogP contribution in [0.4, 0.5) is 26.3 Å². The molecule has 35 heavy (non-hydrogen) atoms. The molecule has 2 aromatic rings. The molecule has 3 rings (SSSR count). The van der Waals surface area contributed by atoms with Crippen molar-refractivity contribution in [3.63, 3.8) is 0 Å². The molecule has 0 atom stereocenters. The number of sulfonamides is 1. The Balaban J connectivity index is 1.79. The van der Waals surface area contributed by atoms with Crippen LogP contribution in [-0.2, 0) is 10.0 Å². The van der Waals surface area contributed by atoms with Gasteiger partial charge < -0.3 is 9.47 Å². The minimum Gasteiger partial charge on any atom is -0.484 e. The largest absolute Gasteiger partial charge is 0.484 e. The standard InChI is InChI=1S/C21H19F6N3O4S/c1-14-2-5-16(6-3-14)35(31,32)29-30-9-8-18(28-13-30)17-10-15(33-11-20(22,23)24)4-7-19(17)34-12-21(25,26)27/h2-10,29H,11-13H2,1H3. The van der Waals surface area contributed by atoms with E-state index in [1.807, 2.05) is 0 Å². The Bertz CT molecular complexity index is 1210. The van der Waals surface area contributed by atoms with Gasteiger partial charge in [-0.1, -0.05) is 17.7 Å². The number of nitrogens with one attached hydrogen (secondary N) is 1. The molecule has 1 aliphatic rings. The van der Waals surface area contributed by atoms with Crippen molar-refractivity contribution in [2.24, 2.45) is 4.99 Å². The Kier molecular flexibility index (Phi) is 7.65. The third kappa shape index (κ3) is 7.89. The van der Waals surface area contributed by atoms with Crippen LogP contribution in [0.15, 0.2) is 64.6 Å². The number of hydrazine groups is 1. The smallest absolute Gasteiger partial charge is 0.422 e. The van der Waals surface area contributed by atoms with E-state index >= 15 is 0 Å². The number of alkyl halides is 6. The summed E-state index contributed by atoms with van der Waals surface area (Å²) in [5, 5.41) is 1.11. The van der Waals surface area contributed by atoms with Crippen molar-refractivity contribution >= 4 is 15.7 Å². The maximum atomic E-state index is 12.6. The fourth-order valence-corrected chi connectivity index (χ4v) is 3.85. The molecule has 1 N–H and O–H groups in total. The fraction of sp³-hybridized carbons (Fsp3) is 0.286. The number of nitrogens with zero attached hydrogens (tertiary/aromatic N) is 2. The van der Waals surface area contributed by atoms with Gasteiger partial charge in [0.2, 0.25) is 0 Å². The number of hydrogen-bond donors (Lipinski definition) is 1. The number of rotatable bonds is 8. The third-order valence-electron chi connectivity index (χ3n) is 4.40. The molecule has 2 aromatic carbocycles. The first-order chi connectivity index (χ1) is 16.2. The molecular formula is C21H19F6N3O4S. The molecule has 0 radical (unpaired) electrons. The molecule has 0 aromatic heterocycles. The van der Waals surface area contributed by atoms with Crippen LogP contribution < -0.4 is 14.3 Å². The maximum absolute atomic E-state index is 12.6. The summed E-state index contributed by atoms with van der Waals surface area (Å²) in [4.78, 5) is 6.41. The van der Waals surface area contributed by atoms with Crippen molar-refractivity contribution in [1.82, 2.24) is 9.84 Å². The summed E-state index contributed by atoms with van der Waals surface area (Å²) in [5.41, 5.74) is 0.845. The first-order valence-corrected chi connectivity index (χ1v) is 11.3. The summed E-state index contributed by atoms with van der Waals surface area (Å²) in [6.45, 7) is -1.72. The molecule has 0 amide bonds. The van der Waals surface area contributed by atoms with E-state index in [0.29, 0.717) is 0 Å². The number of allylic oxidation sites excluding steroid dienone is 1. The molecule has 14 heteroatoms. The fourth-order valence-electron chi connectivity index (χ4n) is 2.82. The average molecular weight is 523 g/mol. The quantitative estimate of drug-likeness (QED) is 0.521. The van der Waals surface area contributed by atoms with E-state index in [1.165, 1.54) is 24.4 Å². The monoisotopic (exact) mass is 523 g/mol. The lowest BCUT2D eigenvalue weighted by Crippen LogP contribution is -2.40. The van der Waals surface area contributed by atoms with Gasteiger partial charge in [0.25, 0.3) is 10.0 Å². The van der Waals surface area contributed by atoms with Crippen molar-refractivity contribution in [3.8, 4) is 11.5 Å². The molecule has 7 nitrogen and oxygen atoms in total. The average Bonchev–Trinajstić information content (AvgIpc) is 2.76. The topological polar surface area (TPSA) is 80.2 Å². The number of hydrogen-bond acceptors (Lipinski definition) is 6. The Hall–Kier alpha value is -3.26. The Morgan fingerprint density at radius 1 is 0.971 bits per heavy atom. The molecule has 1 aliphatic heterocycles. The molecule has 0 spiro atoms. The Morgan fingerprint density at radius 2 is 1.60 bits per heavy atom. The molecule has 0 saturated carbocycles.